The number of hydrogen-bond donors (Lipinski definition) is 1. The van der Waals surface area contributed by atoms with E-state index in [1.54, 1.807) is 6.92 Å². The van der Waals surface area contributed by atoms with Crippen LogP contribution < -0.4 is 0 Å². The van der Waals surface area contributed by atoms with Gasteiger partial charge >= 0.3 is 5.97 Å². The van der Waals surface area contributed by atoms with Crippen LogP contribution in [0.1, 0.15) is 23.0 Å². The van der Waals surface area contributed by atoms with E-state index in [-0.39, 0.29) is 11.4 Å². The first kappa shape index (κ1) is 11.3. The number of hydrogen-bond acceptors (Lipinski definition) is 3. The average Bonchev–Trinajstić information content (AvgIpc) is 2.73. The summed E-state index contributed by atoms with van der Waals surface area (Å²) in [5, 5.41) is 12.8. The van der Waals surface area contributed by atoms with Gasteiger partial charge in [-0.2, -0.15) is 5.10 Å². The van der Waals surface area contributed by atoms with Crippen molar-refractivity contribution >= 4 is 5.97 Å². The van der Waals surface area contributed by atoms with Crippen molar-refractivity contribution in [2.45, 2.75) is 13.3 Å². The highest BCUT2D eigenvalue weighted by molar-refractivity contribution is 5.88. The summed E-state index contributed by atoms with van der Waals surface area (Å²) in [7, 11) is 0. The molecular formula is C11H10FN3O2. The molecule has 6 heteroatoms. The highest BCUT2D eigenvalue weighted by atomic mass is 19.1. The smallest absolute Gasteiger partial charge is 0.339 e. The average molecular weight is 235 g/mol. The van der Waals surface area contributed by atoms with Crippen molar-refractivity contribution in [1.29, 1.82) is 0 Å². The summed E-state index contributed by atoms with van der Waals surface area (Å²) in [4.78, 5) is 14.8. The van der Waals surface area contributed by atoms with Crippen LogP contribution in [0.5, 0.6) is 0 Å². The van der Waals surface area contributed by atoms with Crippen molar-refractivity contribution in [2.75, 3.05) is 0 Å². The first-order valence-corrected chi connectivity index (χ1v) is 5.06. The molecule has 0 saturated carbocycles. The molecule has 2 rings (SSSR count). The van der Waals surface area contributed by atoms with Gasteiger partial charge in [0.2, 0.25) is 0 Å². The van der Waals surface area contributed by atoms with Gasteiger partial charge in [0.1, 0.15) is 5.56 Å². The summed E-state index contributed by atoms with van der Waals surface area (Å²) in [6.07, 6.45) is 3.06. The molecule has 2 aromatic heterocycles. The Hall–Kier alpha value is -2.24. The van der Waals surface area contributed by atoms with Gasteiger partial charge in [0, 0.05) is 6.20 Å². The SMILES string of the molecule is CCc1c(C(=O)O)cnn1-c1ncccc1F. The maximum atomic E-state index is 13.5. The lowest BCUT2D eigenvalue weighted by atomic mass is 10.2. The van der Waals surface area contributed by atoms with E-state index in [4.69, 9.17) is 5.11 Å². The fourth-order valence-corrected chi connectivity index (χ4v) is 1.61. The van der Waals surface area contributed by atoms with E-state index in [1.165, 1.54) is 29.2 Å². The third-order valence-electron chi connectivity index (χ3n) is 2.37. The van der Waals surface area contributed by atoms with Gasteiger partial charge in [-0.3, -0.25) is 0 Å². The molecule has 0 amide bonds. The molecule has 1 N–H and O–H groups in total. The maximum Gasteiger partial charge on any atom is 0.339 e. The molecule has 0 aliphatic heterocycles. The summed E-state index contributed by atoms with van der Waals surface area (Å²) in [5.74, 6) is -1.61. The number of pyridine rings is 1. The Morgan fingerprint density at radius 1 is 1.59 bits per heavy atom. The summed E-state index contributed by atoms with van der Waals surface area (Å²) >= 11 is 0. The Bertz CT molecular complexity index is 566. The molecule has 5 nitrogen and oxygen atoms in total. The molecule has 88 valence electrons. The standard InChI is InChI=1S/C11H10FN3O2/c1-2-9-7(11(16)17)6-14-15(9)10-8(12)4-3-5-13-10/h3-6H,2H2,1H3,(H,16,17). The van der Waals surface area contributed by atoms with Crippen LogP contribution in [-0.4, -0.2) is 25.8 Å². The van der Waals surface area contributed by atoms with Crippen molar-refractivity contribution in [3.63, 3.8) is 0 Å². The second kappa shape index (κ2) is 4.32. The number of aromatic nitrogens is 3. The number of halogens is 1. The summed E-state index contributed by atoms with van der Waals surface area (Å²) < 4.78 is 14.8. The number of rotatable bonds is 3. The van der Waals surface area contributed by atoms with Gasteiger partial charge in [-0.05, 0) is 18.6 Å². The summed E-state index contributed by atoms with van der Waals surface area (Å²) in [5.41, 5.74) is 0.493. The molecule has 0 atom stereocenters. The zero-order valence-corrected chi connectivity index (χ0v) is 9.09. The summed E-state index contributed by atoms with van der Waals surface area (Å²) in [6.45, 7) is 1.78. The molecule has 0 aliphatic rings. The first-order chi connectivity index (χ1) is 8.15. The van der Waals surface area contributed by atoms with Gasteiger partial charge < -0.3 is 5.11 Å². The molecule has 0 aromatic carbocycles. The lowest BCUT2D eigenvalue weighted by molar-refractivity contribution is 0.0695. The molecule has 0 radical (unpaired) electrons. The van der Waals surface area contributed by atoms with E-state index in [2.05, 4.69) is 10.1 Å². The van der Waals surface area contributed by atoms with Crippen molar-refractivity contribution in [3.8, 4) is 5.82 Å². The normalized spacial score (nSPS) is 10.5. The van der Waals surface area contributed by atoms with Crippen LogP contribution in [-0.2, 0) is 6.42 Å². The topological polar surface area (TPSA) is 68.0 Å². The second-order valence-electron chi connectivity index (χ2n) is 3.38. The molecule has 2 heterocycles. The fraction of sp³-hybridized carbons (Fsp3) is 0.182. The van der Waals surface area contributed by atoms with Crippen LogP contribution in [0.3, 0.4) is 0 Å². The minimum atomic E-state index is -1.08. The molecule has 17 heavy (non-hydrogen) atoms. The summed E-state index contributed by atoms with van der Waals surface area (Å²) in [6, 6.07) is 2.72. The number of carboxylic acids is 1. The lowest BCUT2D eigenvalue weighted by Crippen LogP contribution is -2.08. The quantitative estimate of drug-likeness (QED) is 0.878. The third-order valence-corrected chi connectivity index (χ3v) is 2.37. The Morgan fingerprint density at radius 3 is 2.94 bits per heavy atom. The van der Waals surface area contributed by atoms with Crippen LogP contribution in [0.4, 0.5) is 4.39 Å². The Morgan fingerprint density at radius 2 is 2.35 bits per heavy atom. The monoisotopic (exact) mass is 235 g/mol. The highest BCUT2D eigenvalue weighted by Gasteiger charge is 2.18. The largest absolute Gasteiger partial charge is 0.478 e. The molecule has 0 spiro atoms. The molecule has 0 unspecified atom stereocenters. The molecule has 0 saturated heterocycles. The van der Waals surface area contributed by atoms with E-state index in [0.29, 0.717) is 12.1 Å². The van der Waals surface area contributed by atoms with E-state index in [1.807, 2.05) is 0 Å². The van der Waals surface area contributed by atoms with Crippen LogP contribution in [0.2, 0.25) is 0 Å². The minimum absolute atomic E-state index is 0.0110. The number of aromatic carboxylic acids is 1. The van der Waals surface area contributed by atoms with Crippen molar-refractivity contribution in [3.05, 3.63) is 41.6 Å². The van der Waals surface area contributed by atoms with Crippen molar-refractivity contribution in [1.82, 2.24) is 14.8 Å². The van der Waals surface area contributed by atoms with Gasteiger partial charge in [-0.1, -0.05) is 6.92 Å². The number of nitrogens with zero attached hydrogens (tertiary/aromatic N) is 3. The van der Waals surface area contributed by atoms with Crippen molar-refractivity contribution < 1.29 is 14.3 Å². The molecular weight excluding hydrogens is 225 g/mol. The Kier molecular flexibility index (Phi) is 2.86. The van der Waals surface area contributed by atoms with Crippen LogP contribution in [0.25, 0.3) is 5.82 Å². The highest BCUT2D eigenvalue weighted by Crippen LogP contribution is 2.16. The van der Waals surface area contributed by atoms with E-state index in [0.717, 1.165) is 0 Å². The predicted molar refractivity (Wildman–Crippen MR) is 57.7 cm³/mol. The van der Waals surface area contributed by atoms with Gasteiger partial charge in [-0.15, -0.1) is 0 Å². The Labute approximate surface area is 96.5 Å². The van der Waals surface area contributed by atoms with Crippen molar-refractivity contribution in [2.24, 2.45) is 0 Å². The fourth-order valence-electron chi connectivity index (χ4n) is 1.61. The van der Waals surface area contributed by atoms with Crippen LogP contribution >= 0.6 is 0 Å². The van der Waals surface area contributed by atoms with Crippen LogP contribution in [0, 0.1) is 5.82 Å². The van der Waals surface area contributed by atoms with E-state index >= 15 is 0 Å². The predicted octanol–water partition coefficient (Wildman–Crippen LogP) is 1.67. The molecule has 0 bridgehead atoms. The van der Waals surface area contributed by atoms with Crippen LogP contribution in [0.15, 0.2) is 24.5 Å². The van der Waals surface area contributed by atoms with E-state index in [9.17, 15) is 9.18 Å². The maximum absolute atomic E-state index is 13.5. The zero-order valence-electron chi connectivity index (χ0n) is 9.09. The zero-order chi connectivity index (χ0) is 12.4. The molecule has 2 aromatic rings. The van der Waals surface area contributed by atoms with Gasteiger partial charge in [0.25, 0.3) is 0 Å². The van der Waals surface area contributed by atoms with Gasteiger partial charge in [0.15, 0.2) is 11.6 Å². The first-order valence-electron chi connectivity index (χ1n) is 5.06. The number of carboxylic acid groups (broad SMARTS) is 1. The lowest BCUT2D eigenvalue weighted by Gasteiger charge is -2.06. The van der Waals surface area contributed by atoms with Gasteiger partial charge in [0.05, 0.1) is 11.9 Å². The van der Waals surface area contributed by atoms with Gasteiger partial charge in [-0.25, -0.2) is 18.9 Å². The van der Waals surface area contributed by atoms with E-state index < -0.39 is 11.8 Å². The molecule has 0 fully saturated rings. The number of carbonyl (C=O) groups is 1. The second-order valence-corrected chi connectivity index (χ2v) is 3.38. The Balaban J connectivity index is 2.61. The minimum Gasteiger partial charge on any atom is -0.478 e. The third kappa shape index (κ3) is 1.89. The molecule has 0 aliphatic carbocycles.